The smallest absolute Gasteiger partial charge is 0.115 e. The van der Waals surface area contributed by atoms with Gasteiger partial charge >= 0.3 is 0 Å². The number of rotatable bonds is 4. The van der Waals surface area contributed by atoms with Crippen molar-refractivity contribution in [2.24, 2.45) is 0 Å². The van der Waals surface area contributed by atoms with Gasteiger partial charge in [0.1, 0.15) is 11.1 Å². The van der Waals surface area contributed by atoms with Crippen molar-refractivity contribution < 1.29 is 5.06 Å². The number of nitrogens with one attached hydrogen (secondary N) is 2. The van der Waals surface area contributed by atoms with Crippen LogP contribution in [0.4, 0.5) is 0 Å². The Bertz CT molecular complexity index is 463. The molecular formula is C16H24N2O. The highest BCUT2D eigenvalue weighted by molar-refractivity contribution is 5.25. The van der Waals surface area contributed by atoms with Crippen LogP contribution in [0.2, 0.25) is 0 Å². The molecule has 0 radical (unpaired) electrons. The SMILES string of the molecule is CC1(C)C=C(CNCc2ccccc2)C(C)(C)[NH+]1[O-]. The number of hydroxylamine groups is 2. The van der Waals surface area contributed by atoms with Crippen molar-refractivity contribution in [3.63, 3.8) is 0 Å². The molecule has 3 nitrogen and oxygen atoms in total. The predicted molar refractivity (Wildman–Crippen MR) is 78.7 cm³/mol. The molecule has 0 spiro atoms. The van der Waals surface area contributed by atoms with Gasteiger partial charge < -0.3 is 15.6 Å². The van der Waals surface area contributed by atoms with Gasteiger partial charge in [-0.1, -0.05) is 30.3 Å². The first-order valence-electron chi connectivity index (χ1n) is 6.86. The fraction of sp³-hybridized carbons (Fsp3) is 0.500. The Morgan fingerprint density at radius 3 is 2.21 bits per heavy atom. The molecule has 0 saturated carbocycles. The van der Waals surface area contributed by atoms with Gasteiger partial charge in [0.2, 0.25) is 0 Å². The van der Waals surface area contributed by atoms with Gasteiger partial charge in [-0.25, -0.2) is 0 Å². The average Bonchev–Trinajstić information content (AvgIpc) is 2.51. The number of hydrogen-bond donors (Lipinski definition) is 2. The van der Waals surface area contributed by atoms with Crippen LogP contribution in [0.25, 0.3) is 0 Å². The maximum Gasteiger partial charge on any atom is 0.115 e. The van der Waals surface area contributed by atoms with Crippen LogP contribution in [0.1, 0.15) is 33.3 Å². The van der Waals surface area contributed by atoms with Crippen molar-refractivity contribution in [1.82, 2.24) is 5.32 Å². The normalized spacial score (nSPS) is 24.3. The molecule has 2 rings (SSSR count). The molecule has 0 saturated heterocycles. The number of hydrogen-bond acceptors (Lipinski definition) is 2. The number of quaternary nitrogens is 1. The van der Waals surface area contributed by atoms with E-state index in [0.717, 1.165) is 13.1 Å². The minimum Gasteiger partial charge on any atom is -0.633 e. The molecule has 0 amide bonds. The predicted octanol–water partition coefficient (Wildman–Crippen LogP) is 1.66. The molecule has 104 valence electrons. The molecule has 1 atom stereocenters. The monoisotopic (exact) mass is 260 g/mol. The van der Waals surface area contributed by atoms with Crippen molar-refractivity contribution in [3.05, 3.63) is 52.8 Å². The molecule has 0 fully saturated rings. The van der Waals surface area contributed by atoms with Gasteiger partial charge in [0.25, 0.3) is 0 Å². The molecule has 1 aromatic rings. The Morgan fingerprint density at radius 2 is 1.68 bits per heavy atom. The van der Waals surface area contributed by atoms with Gasteiger partial charge in [0, 0.05) is 18.7 Å². The van der Waals surface area contributed by atoms with Crippen LogP contribution in [0.3, 0.4) is 0 Å². The van der Waals surface area contributed by atoms with Gasteiger partial charge in [-0.3, -0.25) is 0 Å². The van der Waals surface area contributed by atoms with Crippen LogP contribution in [0, 0.1) is 5.21 Å². The average molecular weight is 260 g/mol. The highest BCUT2D eigenvalue weighted by Gasteiger charge is 2.44. The maximum absolute atomic E-state index is 12.3. The van der Waals surface area contributed by atoms with Gasteiger partial charge in [-0.15, -0.1) is 0 Å². The maximum atomic E-state index is 12.3. The molecular weight excluding hydrogens is 236 g/mol. The van der Waals surface area contributed by atoms with E-state index in [4.69, 9.17) is 0 Å². The molecule has 0 bridgehead atoms. The molecule has 0 aromatic heterocycles. The minimum atomic E-state index is -0.340. The molecule has 2 N–H and O–H groups in total. The topological polar surface area (TPSA) is 39.5 Å². The van der Waals surface area contributed by atoms with Crippen LogP contribution >= 0.6 is 0 Å². The summed E-state index contributed by atoms with van der Waals surface area (Å²) in [5.74, 6) is 0. The summed E-state index contributed by atoms with van der Waals surface area (Å²) in [4.78, 5) is 0. The Kier molecular flexibility index (Phi) is 3.81. The van der Waals surface area contributed by atoms with E-state index in [1.54, 1.807) is 0 Å². The van der Waals surface area contributed by atoms with Crippen molar-refractivity contribution in [2.45, 2.75) is 45.3 Å². The third kappa shape index (κ3) is 2.89. The summed E-state index contributed by atoms with van der Waals surface area (Å²) in [6.45, 7) is 9.67. The van der Waals surface area contributed by atoms with E-state index in [-0.39, 0.29) is 11.1 Å². The van der Waals surface area contributed by atoms with E-state index in [1.807, 2.05) is 45.9 Å². The van der Waals surface area contributed by atoms with Gasteiger partial charge in [-0.05, 0) is 39.3 Å². The molecule has 1 heterocycles. The van der Waals surface area contributed by atoms with Crippen molar-refractivity contribution >= 4 is 0 Å². The molecule has 1 aromatic carbocycles. The number of benzene rings is 1. The summed E-state index contributed by atoms with van der Waals surface area (Å²) < 4.78 is 0. The lowest BCUT2D eigenvalue weighted by atomic mass is 9.96. The summed E-state index contributed by atoms with van der Waals surface area (Å²) in [6, 6.07) is 10.3. The first-order valence-corrected chi connectivity index (χ1v) is 6.86. The first kappa shape index (κ1) is 14.3. The van der Waals surface area contributed by atoms with Crippen LogP contribution < -0.4 is 10.4 Å². The van der Waals surface area contributed by atoms with Crippen molar-refractivity contribution in [3.8, 4) is 0 Å². The van der Waals surface area contributed by atoms with E-state index >= 15 is 0 Å². The highest BCUT2D eigenvalue weighted by Crippen LogP contribution is 2.23. The minimum absolute atomic E-state index is 0.316. The highest BCUT2D eigenvalue weighted by atomic mass is 16.5. The Balaban J connectivity index is 1.97. The summed E-state index contributed by atoms with van der Waals surface area (Å²) >= 11 is 0. The summed E-state index contributed by atoms with van der Waals surface area (Å²) in [5.41, 5.74) is 1.81. The van der Waals surface area contributed by atoms with E-state index in [0.29, 0.717) is 5.06 Å². The summed E-state index contributed by atoms with van der Waals surface area (Å²) in [6.07, 6.45) is 2.13. The van der Waals surface area contributed by atoms with E-state index in [1.165, 1.54) is 11.1 Å². The second kappa shape index (κ2) is 5.08. The Labute approximate surface area is 115 Å². The third-order valence-electron chi connectivity index (χ3n) is 3.98. The fourth-order valence-electron chi connectivity index (χ4n) is 2.84. The zero-order valence-electron chi connectivity index (χ0n) is 12.3. The van der Waals surface area contributed by atoms with Gasteiger partial charge in [0.15, 0.2) is 0 Å². The van der Waals surface area contributed by atoms with Crippen LogP contribution in [0.5, 0.6) is 0 Å². The molecule has 3 heteroatoms. The molecule has 1 aliphatic rings. The van der Waals surface area contributed by atoms with Crippen LogP contribution in [-0.2, 0) is 6.54 Å². The van der Waals surface area contributed by atoms with E-state index in [9.17, 15) is 5.21 Å². The van der Waals surface area contributed by atoms with E-state index < -0.39 is 0 Å². The van der Waals surface area contributed by atoms with E-state index in [2.05, 4.69) is 23.5 Å². The lowest BCUT2D eigenvalue weighted by Crippen LogP contribution is -3.20. The molecule has 1 aliphatic heterocycles. The zero-order valence-corrected chi connectivity index (χ0v) is 12.3. The van der Waals surface area contributed by atoms with Crippen LogP contribution in [0.15, 0.2) is 42.0 Å². The molecule has 0 aliphatic carbocycles. The van der Waals surface area contributed by atoms with Gasteiger partial charge in [0.05, 0.1) is 0 Å². The summed E-state index contributed by atoms with van der Waals surface area (Å²) in [7, 11) is 0. The molecule has 19 heavy (non-hydrogen) atoms. The van der Waals surface area contributed by atoms with Crippen LogP contribution in [-0.4, -0.2) is 17.6 Å². The Hall–Kier alpha value is -1.16. The second-order valence-corrected chi connectivity index (χ2v) is 6.43. The fourth-order valence-corrected chi connectivity index (χ4v) is 2.84. The largest absolute Gasteiger partial charge is 0.633 e. The lowest BCUT2D eigenvalue weighted by Gasteiger charge is -2.41. The van der Waals surface area contributed by atoms with Crippen molar-refractivity contribution in [1.29, 1.82) is 0 Å². The first-order chi connectivity index (χ1) is 8.84. The quantitative estimate of drug-likeness (QED) is 0.638. The Morgan fingerprint density at radius 1 is 1.05 bits per heavy atom. The third-order valence-corrected chi connectivity index (χ3v) is 3.98. The molecule has 1 unspecified atom stereocenters. The lowest BCUT2D eigenvalue weighted by molar-refractivity contribution is -0.927. The zero-order chi connectivity index (χ0) is 14.1. The van der Waals surface area contributed by atoms with Crippen molar-refractivity contribution in [2.75, 3.05) is 6.54 Å². The standard InChI is InChI=1S/C16H24N2O/c1-15(2)10-14(16(3,4)18(15)19)12-17-11-13-8-6-5-7-9-13/h5-10,17-18H,11-12H2,1-4H3. The summed E-state index contributed by atoms with van der Waals surface area (Å²) in [5, 5.41) is 16.1. The van der Waals surface area contributed by atoms with Gasteiger partial charge in [-0.2, -0.15) is 0 Å². The second-order valence-electron chi connectivity index (χ2n) is 6.43.